The van der Waals surface area contributed by atoms with Crippen LogP contribution in [0.1, 0.15) is 64.9 Å². The van der Waals surface area contributed by atoms with E-state index in [4.69, 9.17) is 9.47 Å². The molecule has 0 spiro atoms. The summed E-state index contributed by atoms with van der Waals surface area (Å²) in [5, 5.41) is 10.9. The molecule has 0 radical (unpaired) electrons. The molecule has 1 N–H and O–H groups in total. The van der Waals surface area contributed by atoms with Gasteiger partial charge in [-0.3, -0.25) is 14.4 Å². The minimum absolute atomic E-state index is 0.0467. The van der Waals surface area contributed by atoms with Crippen LogP contribution in [0.5, 0.6) is 11.5 Å². The van der Waals surface area contributed by atoms with Crippen LogP contribution in [0, 0.1) is 16.7 Å². The van der Waals surface area contributed by atoms with Crippen LogP contribution >= 0.6 is 0 Å². The van der Waals surface area contributed by atoms with Crippen molar-refractivity contribution in [3.63, 3.8) is 0 Å². The van der Waals surface area contributed by atoms with Crippen LogP contribution in [0.3, 0.4) is 0 Å². The van der Waals surface area contributed by atoms with E-state index in [1.165, 1.54) is 14.2 Å². The average Bonchev–Trinajstić information content (AvgIpc) is 2.63. The standard InChI is InChI=1S/C25H32O6/c1-24(2)10-16(26)22(17(27)11-24)21(15-8-7-14(30-5)9-20(15)31-6)23-18(28)12-25(3,4)13-19(23)29/h7-9,21-22,28H,10-13H2,1-6H3. The molecule has 0 amide bonds. The lowest BCUT2D eigenvalue weighted by Crippen LogP contribution is -2.43. The molecule has 0 aliphatic heterocycles. The molecule has 1 atom stereocenters. The monoisotopic (exact) mass is 428 g/mol. The highest BCUT2D eigenvalue weighted by Gasteiger charge is 2.49. The van der Waals surface area contributed by atoms with E-state index in [1.807, 2.05) is 27.7 Å². The highest BCUT2D eigenvalue weighted by atomic mass is 16.5. The third-order valence-corrected chi connectivity index (χ3v) is 6.32. The largest absolute Gasteiger partial charge is 0.512 e. The number of carbonyl (C=O) groups is 3. The van der Waals surface area contributed by atoms with Gasteiger partial charge in [0.2, 0.25) is 0 Å². The zero-order chi connectivity index (χ0) is 23.1. The summed E-state index contributed by atoms with van der Waals surface area (Å²) in [7, 11) is 3.02. The Kier molecular flexibility index (Phi) is 6.05. The molecule has 3 rings (SSSR count). The van der Waals surface area contributed by atoms with E-state index < -0.39 is 17.3 Å². The van der Waals surface area contributed by atoms with Gasteiger partial charge in [-0.1, -0.05) is 33.8 Å². The number of hydrogen-bond donors (Lipinski definition) is 1. The minimum atomic E-state index is -1.03. The molecule has 1 unspecified atom stereocenters. The average molecular weight is 429 g/mol. The van der Waals surface area contributed by atoms with E-state index in [0.717, 1.165) is 0 Å². The molecule has 1 saturated carbocycles. The van der Waals surface area contributed by atoms with Crippen molar-refractivity contribution in [3.8, 4) is 11.5 Å². The van der Waals surface area contributed by atoms with Crippen molar-refractivity contribution in [1.82, 2.24) is 0 Å². The van der Waals surface area contributed by atoms with Gasteiger partial charge in [-0.2, -0.15) is 0 Å². The SMILES string of the molecule is COc1ccc(C(C2=C(O)CC(C)(C)CC2=O)C2C(=O)CC(C)(C)CC2=O)c(OC)c1. The smallest absolute Gasteiger partial charge is 0.163 e. The maximum absolute atomic E-state index is 13.2. The van der Waals surface area contributed by atoms with Gasteiger partial charge in [0.1, 0.15) is 28.8 Å². The van der Waals surface area contributed by atoms with Gasteiger partial charge in [0.05, 0.1) is 20.1 Å². The number of aliphatic hydroxyl groups is 1. The fourth-order valence-electron chi connectivity index (χ4n) is 5.01. The predicted molar refractivity (Wildman–Crippen MR) is 116 cm³/mol. The Morgan fingerprint density at radius 1 is 0.903 bits per heavy atom. The number of benzene rings is 1. The zero-order valence-corrected chi connectivity index (χ0v) is 19.2. The summed E-state index contributed by atoms with van der Waals surface area (Å²) in [5.74, 6) is -1.65. The summed E-state index contributed by atoms with van der Waals surface area (Å²) in [6.45, 7) is 7.63. The first-order chi connectivity index (χ1) is 14.4. The highest BCUT2D eigenvalue weighted by molar-refractivity contribution is 6.09. The van der Waals surface area contributed by atoms with Crippen molar-refractivity contribution < 1.29 is 29.0 Å². The second kappa shape index (κ2) is 8.13. The van der Waals surface area contributed by atoms with Crippen LogP contribution in [0.25, 0.3) is 0 Å². The molecule has 0 bridgehead atoms. The number of carbonyl (C=O) groups excluding carboxylic acids is 3. The molecule has 0 heterocycles. The van der Waals surface area contributed by atoms with Gasteiger partial charge in [-0.05, 0) is 16.9 Å². The summed E-state index contributed by atoms with van der Waals surface area (Å²) in [6.07, 6.45) is 1.03. The molecular weight excluding hydrogens is 396 g/mol. The first kappa shape index (κ1) is 23.0. The number of Topliss-reactive ketones (excluding diaryl/α,β-unsaturated/α-hetero) is 3. The van der Waals surface area contributed by atoms with Crippen LogP contribution in [0.2, 0.25) is 0 Å². The molecular formula is C25H32O6. The molecule has 1 aromatic carbocycles. The van der Waals surface area contributed by atoms with Crippen LogP contribution in [-0.2, 0) is 14.4 Å². The van der Waals surface area contributed by atoms with Gasteiger partial charge < -0.3 is 14.6 Å². The van der Waals surface area contributed by atoms with Gasteiger partial charge in [-0.15, -0.1) is 0 Å². The van der Waals surface area contributed by atoms with Gasteiger partial charge in [0, 0.05) is 48.8 Å². The van der Waals surface area contributed by atoms with Gasteiger partial charge in [-0.25, -0.2) is 0 Å². The number of hydrogen-bond acceptors (Lipinski definition) is 6. The van der Waals surface area contributed by atoms with Crippen molar-refractivity contribution in [2.75, 3.05) is 14.2 Å². The molecule has 2 aliphatic rings. The number of aliphatic hydroxyl groups excluding tert-OH is 1. The third kappa shape index (κ3) is 4.53. The first-order valence-corrected chi connectivity index (χ1v) is 10.6. The Morgan fingerprint density at radius 3 is 2.00 bits per heavy atom. The van der Waals surface area contributed by atoms with Crippen LogP contribution < -0.4 is 9.47 Å². The Morgan fingerprint density at radius 2 is 1.48 bits per heavy atom. The third-order valence-electron chi connectivity index (χ3n) is 6.32. The van der Waals surface area contributed by atoms with E-state index >= 15 is 0 Å². The molecule has 6 nitrogen and oxygen atoms in total. The van der Waals surface area contributed by atoms with E-state index in [-0.39, 0.29) is 53.4 Å². The minimum Gasteiger partial charge on any atom is -0.512 e. The Bertz CT molecular complexity index is 933. The van der Waals surface area contributed by atoms with E-state index in [2.05, 4.69) is 0 Å². The Balaban J connectivity index is 2.23. The fraction of sp³-hybridized carbons (Fsp3) is 0.560. The van der Waals surface area contributed by atoms with E-state index in [9.17, 15) is 19.5 Å². The van der Waals surface area contributed by atoms with Gasteiger partial charge >= 0.3 is 0 Å². The zero-order valence-electron chi connectivity index (χ0n) is 19.2. The molecule has 168 valence electrons. The summed E-state index contributed by atoms with van der Waals surface area (Å²) in [5.41, 5.74) is -0.116. The molecule has 0 aromatic heterocycles. The second-order valence-electron chi connectivity index (χ2n) is 10.3. The highest BCUT2D eigenvalue weighted by Crippen LogP contribution is 2.49. The molecule has 0 saturated heterocycles. The molecule has 2 aliphatic carbocycles. The Hall–Kier alpha value is -2.63. The van der Waals surface area contributed by atoms with Gasteiger partial charge in [0.25, 0.3) is 0 Å². The predicted octanol–water partition coefficient (Wildman–Crippen LogP) is 4.56. The lowest BCUT2D eigenvalue weighted by Gasteiger charge is -2.39. The quantitative estimate of drug-likeness (QED) is 0.692. The van der Waals surface area contributed by atoms with Crippen LogP contribution in [0.15, 0.2) is 29.5 Å². The normalized spacial score (nSPS) is 22.5. The van der Waals surface area contributed by atoms with E-state index in [1.54, 1.807) is 18.2 Å². The molecule has 1 aromatic rings. The van der Waals surface area contributed by atoms with Crippen molar-refractivity contribution in [2.24, 2.45) is 16.7 Å². The van der Waals surface area contributed by atoms with Crippen molar-refractivity contribution >= 4 is 17.3 Å². The summed E-state index contributed by atoms with van der Waals surface area (Å²) in [4.78, 5) is 39.7. The van der Waals surface area contributed by atoms with Crippen LogP contribution in [-0.4, -0.2) is 36.7 Å². The maximum Gasteiger partial charge on any atom is 0.163 e. The topological polar surface area (TPSA) is 89.9 Å². The number of methoxy groups -OCH3 is 2. The first-order valence-electron chi connectivity index (χ1n) is 10.6. The lowest BCUT2D eigenvalue weighted by molar-refractivity contribution is -0.140. The van der Waals surface area contributed by atoms with Crippen molar-refractivity contribution in [3.05, 3.63) is 35.1 Å². The summed E-state index contributed by atoms with van der Waals surface area (Å²) in [6, 6.07) is 5.09. The van der Waals surface area contributed by atoms with Gasteiger partial charge in [0.15, 0.2) is 5.78 Å². The summed E-state index contributed by atoms with van der Waals surface area (Å²) >= 11 is 0. The van der Waals surface area contributed by atoms with Crippen LogP contribution in [0.4, 0.5) is 0 Å². The number of rotatable bonds is 5. The van der Waals surface area contributed by atoms with Crippen molar-refractivity contribution in [1.29, 1.82) is 0 Å². The van der Waals surface area contributed by atoms with Crippen molar-refractivity contribution in [2.45, 2.75) is 59.3 Å². The van der Waals surface area contributed by atoms with E-state index in [0.29, 0.717) is 23.5 Å². The molecule has 6 heteroatoms. The number of ketones is 3. The second-order valence-corrected chi connectivity index (χ2v) is 10.3. The maximum atomic E-state index is 13.2. The fourth-order valence-corrected chi connectivity index (χ4v) is 5.01. The summed E-state index contributed by atoms with van der Waals surface area (Å²) < 4.78 is 10.8. The molecule has 31 heavy (non-hydrogen) atoms. The Labute approximate surface area is 183 Å². The molecule has 1 fully saturated rings. The lowest BCUT2D eigenvalue weighted by atomic mass is 9.62. The number of allylic oxidation sites excluding steroid dienone is 2. The number of ether oxygens (including phenoxy) is 2.